The predicted octanol–water partition coefficient (Wildman–Crippen LogP) is 6.30. The number of nitrogens with one attached hydrogen (secondary N) is 2. The number of Topliss-reactive ketones (excluding diaryl/α,β-unsaturated/α-hetero) is 1. The van der Waals surface area contributed by atoms with Gasteiger partial charge in [-0.25, -0.2) is 34.1 Å². The first-order chi connectivity index (χ1) is 37.3. The number of esters is 1. The van der Waals surface area contributed by atoms with E-state index < -0.39 is 59.5 Å². The van der Waals surface area contributed by atoms with Crippen LogP contribution >= 0.6 is 0 Å². The van der Waals surface area contributed by atoms with Gasteiger partial charge in [0.25, 0.3) is 11.8 Å². The van der Waals surface area contributed by atoms with Crippen LogP contribution in [0.1, 0.15) is 77.8 Å². The van der Waals surface area contributed by atoms with Crippen LogP contribution in [0.25, 0.3) is 0 Å². The highest BCUT2D eigenvalue weighted by Crippen LogP contribution is 2.22. The number of nitrogens with zero attached hydrogens (tertiary/aromatic N) is 3. The Kier molecular flexibility index (Phi) is 25.4. The molecule has 0 fully saturated rings. The summed E-state index contributed by atoms with van der Waals surface area (Å²) < 4.78 is 36.4. The lowest BCUT2D eigenvalue weighted by Crippen LogP contribution is -2.35. The molecule has 414 valence electrons. The van der Waals surface area contributed by atoms with Gasteiger partial charge in [-0.1, -0.05) is 60.7 Å². The summed E-state index contributed by atoms with van der Waals surface area (Å²) in [4.78, 5) is 74.1. The van der Waals surface area contributed by atoms with Crippen molar-refractivity contribution in [3.8, 4) is 17.2 Å². The third-order valence-electron chi connectivity index (χ3n) is 11.3. The van der Waals surface area contributed by atoms with E-state index in [1.165, 1.54) is 41.9 Å². The maximum Gasteiger partial charge on any atom is 0.338 e. The number of methoxy groups -OCH3 is 1. The minimum absolute atomic E-state index is 0.114. The van der Waals surface area contributed by atoms with E-state index in [9.17, 15) is 47.8 Å². The quantitative estimate of drug-likeness (QED) is 0.0173. The Bertz CT molecular complexity index is 2910. The first-order valence-electron chi connectivity index (χ1n) is 24.0. The standard InChI is InChI=1S/C20H22N2O6.C20H23NO5.C16H16F2N2O4/c1-2-28-20(26)17-8-4-6-15(10-17)12-22(13-18(23)21-27)11-14-5-3-7-16(9-14)19(24)25;1-26-19-7-5-15(6-8-19)12-21(10-9-18(23)14-22)13-16-3-2-4-17(11-16)20(24)25;17-12-3-1-10(5-14(12)21)7-20(9-16(23)19-24)8-11-2-4-13(18)15(22)6-11/h3-10,27H,2,11-13H2,1H3,(H,21,23)(H,24,25);2-8,11,22H,9-10,12-14H2,1H3,(H,24,25);1-6,21-22,24H,7-9H2,(H,19,23). The van der Waals surface area contributed by atoms with Crippen LogP contribution in [0.4, 0.5) is 8.78 Å². The zero-order chi connectivity index (χ0) is 57.1. The molecule has 0 heterocycles. The summed E-state index contributed by atoms with van der Waals surface area (Å²) >= 11 is 0. The van der Waals surface area contributed by atoms with Gasteiger partial charge in [0.2, 0.25) is 0 Å². The van der Waals surface area contributed by atoms with Crippen LogP contribution in [0.3, 0.4) is 0 Å². The van der Waals surface area contributed by atoms with Crippen molar-refractivity contribution in [3.63, 3.8) is 0 Å². The summed E-state index contributed by atoms with van der Waals surface area (Å²) in [6.45, 7) is 3.67. The number of carbonyl (C=O) groups excluding carboxylic acids is 4. The average Bonchev–Trinajstić information content (AvgIpc) is 3.43. The number of halogens is 2. The molecule has 0 aliphatic heterocycles. The van der Waals surface area contributed by atoms with Crippen molar-refractivity contribution in [1.29, 1.82) is 0 Å². The fourth-order valence-electron chi connectivity index (χ4n) is 7.60. The van der Waals surface area contributed by atoms with Gasteiger partial charge >= 0.3 is 17.9 Å². The van der Waals surface area contributed by atoms with Crippen molar-refractivity contribution in [1.82, 2.24) is 25.7 Å². The number of rotatable bonds is 25. The Morgan fingerprint density at radius 3 is 1.29 bits per heavy atom. The highest BCUT2D eigenvalue weighted by molar-refractivity contribution is 5.90. The molecule has 0 unspecified atom stereocenters. The number of aliphatic hydroxyl groups excluding tert-OH is 1. The molecule has 0 aliphatic carbocycles. The number of phenolic OH excluding ortho intramolecular Hbond substituents is 2. The normalized spacial score (nSPS) is 10.7. The number of aromatic hydroxyl groups is 2. The lowest BCUT2D eigenvalue weighted by Gasteiger charge is -2.22. The van der Waals surface area contributed by atoms with Crippen molar-refractivity contribution < 1.29 is 83.0 Å². The third-order valence-corrected chi connectivity index (χ3v) is 11.3. The SMILES string of the molecule is CCOC(=O)c1cccc(CN(CC(=O)NO)Cc2cccc(C(=O)O)c2)c1.COc1ccc(CN(CCC(=O)CO)Cc2cccc(C(=O)O)c2)cc1.O=C(CN(Cc1ccc(F)c(O)c1)Cc1ccc(F)c(O)c1)NO. The number of hydroxylamine groups is 2. The van der Waals surface area contributed by atoms with Gasteiger partial charge in [0.1, 0.15) is 12.4 Å². The Morgan fingerprint density at radius 2 is 0.910 bits per heavy atom. The number of aliphatic hydroxyl groups is 1. The van der Waals surface area contributed by atoms with Crippen molar-refractivity contribution >= 4 is 35.5 Å². The van der Waals surface area contributed by atoms with Gasteiger partial charge in [-0.2, -0.15) is 0 Å². The maximum atomic E-state index is 13.1. The summed E-state index contributed by atoms with van der Waals surface area (Å²) in [7, 11) is 1.61. The number of ether oxygens (including phenoxy) is 2. The molecular weight excluding hydrogens is 1020 g/mol. The lowest BCUT2D eigenvalue weighted by molar-refractivity contribution is -0.131. The molecule has 0 saturated heterocycles. The van der Waals surface area contributed by atoms with Crippen LogP contribution in [0.2, 0.25) is 0 Å². The molecule has 0 aromatic heterocycles. The lowest BCUT2D eigenvalue weighted by atomic mass is 10.1. The van der Waals surface area contributed by atoms with Gasteiger partial charge in [-0.15, -0.1) is 0 Å². The zero-order valence-electron chi connectivity index (χ0n) is 42.7. The number of carbonyl (C=O) groups is 6. The number of hydrogen-bond acceptors (Lipinski definition) is 16. The van der Waals surface area contributed by atoms with Gasteiger partial charge < -0.3 is 35.0 Å². The second-order valence-electron chi connectivity index (χ2n) is 17.4. The monoisotopic (exact) mass is 1080 g/mol. The number of phenols is 2. The van der Waals surface area contributed by atoms with Crippen LogP contribution in [-0.2, 0) is 58.4 Å². The van der Waals surface area contributed by atoms with E-state index in [1.807, 2.05) is 30.3 Å². The highest BCUT2D eigenvalue weighted by atomic mass is 19.1. The van der Waals surface area contributed by atoms with Crippen LogP contribution < -0.4 is 15.7 Å². The molecule has 9 N–H and O–H groups in total. The summed E-state index contributed by atoms with van der Waals surface area (Å²) in [5.41, 5.74) is 8.33. The van der Waals surface area contributed by atoms with Gasteiger partial charge in [-0.3, -0.25) is 39.5 Å². The first kappa shape index (κ1) is 61.9. The van der Waals surface area contributed by atoms with Gasteiger partial charge in [-0.05, 0) is 113 Å². The summed E-state index contributed by atoms with van der Waals surface area (Å²) in [5, 5.41) is 63.5. The van der Waals surface area contributed by atoms with E-state index in [4.69, 9.17) is 35.2 Å². The molecule has 6 rings (SSSR count). The molecule has 0 saturated carbocycles. The van der Waals surface area contributed by atoms with E-state index >= 15 is 0 Å². The van der Waals surface area contributed by atoms with Crippen LogP contribution in [-0.4, -0.2) is 126 Å². The summed E-state index contributed by atoms with van der Waals surface area (Å²) in [6.07, 6.45) is 0.241. The van der Waals surface area contributed by atoms with Gasteiger partial charge in [0.15, 0.2) is 28.9 Å². The molecule has 6 aromatic rings. The smallest absolute Gasteiger partial charge is 0.338 e. The number of hydrogen-bond donors (Lipinski definition) is 9. The topological polar surface area (TPSA) is 296 Å². The Hall–Kier alpha value is -8.64. The molecule has 0 atom stereocenters. The molecule has 0 radical (unpaired) electrons. The van der Waals surface area contributed by atoms with Crippen LogP contribution in [0, 0.1) is 11.6 Å². The maximum absolute atomic E-state index is 13.1. The second kappa shape index (κ2) is 32.1. The molecule has 0 bridgehead atoms. The molecule has 0 aliphatic rings. The molecule has 20 nitrogen and oxygen atoms in total. The fraction of sp³-hybridized carbons (Fsp3) is 0.250. The van der Waals surface area contributed by atoms with Crippen LogP contribution in [0.15, 0.2) is 133 Å². The number of carboxylic acids is 2. The van der Waals surface area contributed by atoms with E-state index in [2.05, 4.69) is 4.90 Å². The summed E-state index contributed by atoms with van der Waals surface area (Å²) in [5.74, 6) is -5.72. The molecule has 78 heavy (non-hydrogen) atoms. The zero-order valence-corrected chi connectivity index (χ0v) is 42.7. The molecule has 2 amide bonds. The number of carboxylic acid groups (broad SMARTS) is 2. The summed E-state index contributed by atoms with van der Waals surface area (Å²) in [6, 6.07) is 35.2. The van der Waals surface area contributed by atoms with E-state index in [-0.39, 0.29) is 62.7 Å². The van der Waals surface area contributed by atoms with Crippen molar-refractivity contribution in [3.05, 3.63) is 195 Å². The van der Waals surface area contributed by atoms with E-state index in [0.29, 0.717) is 48.4 Å². The van der Waals surface area contributed by atoms with Crippen molar-refractivity contribution in [2.75, 3.05) is 40.0 Å². The fourth-order valence-corrected chi connectivity index (χ4v) is 7.60. The Morgan fingerprint density at radius 1 is 0.526 bits per heavy atom. The molecule has 0 spiro atoms. The predicted molar refractivity (Wildman–Crippen MR) is 277 cm³/mol. The second-order valence-corrected chi connectivity index (χ2v) is 17.4. The van der Waals surface area contributed by atoms with E-state index in [1.54, 1.807) is 83.9 Å². The number of ketones is 1. The Labute approximate surface area is 447 Å². The third kappa shape index (κ3) is 21.5. The van der Waals surface area contributed by atoms with E-state index in [0.717, 1.165) is 34.6 Å². The van der Waals surface area contributed by atoms with Gasteiger partial charge in [0.05, 0.1) is 43.5 Å². The highest BCUT2D eigenvalue weighted by Gasteiger charge is 2.17. The first-order valence-corrected chi connectivity index (χ1v) is 24.0. The van der Waals surface area contributed by atoms with Crippen molar-refractivity contribution in [2.45, 2.75) is 52.6 Å². The molecule has 6 aromatic carbocycles. The van der Waals surface area contributed by atoms with Gasteiger partial charge in [0, 0.05) is 52.2 Å². The van der Waals surface area contributed by atoms with Crippen LogP contribution in [0.5, 0.6) is 17.2 Å². The minimum atomic E-state index is -1.04. The molecular formula is C56H61F2N5O15. The number of amides is 2. The average molecular weight is 1080 g/mol. The number of benzene rings is 6. The van der Waals surface area contributed by atoms with Crippen molar-refractivity contribution in [2.24, 2.45) is 0 Å². The largest absolute Gasteiger partial charge is 0.505 e. The Balaban J connectivity index is 0.000000253. The molecule has 22 heteroatoms. The minimum Gasteiger partial charge on any atom is -0.505 e. The number of aromatic carboxylic acids is 2.